The molecule has 15 heavy (non-hydrogen) atoms. The zero-order valence-corrected chi connectivity index (χ0v) is 9.48. The van der Waals surface area contributed by atoms with Crippen LogP contribution < -0.4 is 0 Å². The van der Waals surface area contributed by atoms with E-state index in [-0.39, 0.29) is 0 Å². The molecule has 0 saturated heterocycles. The van der Waals surface area contributed by atoms with Crippen LogP contribution in [0.15, 0.2) is 10.9 Å². The van der Waals surface area contributed by atoms with Crippen LogP contribution in [-0.4, -0.2) is 26.1 Å². The average Bonchev–Trinajstić information content (AvgIpc) is 2.83. The molecule has 0 unspecified atom stereocenters. The lowest BCUT2D eigenvalue weighted by Crippen LogP contribution is -2.21. The van der Waals surface area contributed by atoms with Crippen molar-refractivity contribution in [1.29, 1.82) is 0 Å². The second kappa shape index (κ2) is 3.59. The van der Waals surface area contributed by atoms with Crippen LogP contribution in [0.25, 0.3) is 11.4 Å². The molecule has 1 aliphatic heterocycles. The summed E-state index contributed by atoms with van der Waals surface area (Å²) in [5, 5.41) is 9.38. The zero-order chi connectivity index (χ0) is 10.3. The van der Waals surface area contributed by atoms with Gasteiger partial charge in [-0.2, -0.15) is 5.10 Å². The van der Waals surface area contributed by atoms with Crippen molar-refractivity contribution in [3.8, 4) is 11.4 Å². The quantitative estimate of drug-likeness (QED) is 0.776. The molecule has 78 valence electrons. The minimum atomic E-state index is 0.736. The number of hydrogen-bond acceptors (Lipinski definition) is 4. The molecule has 2 aromatic heterocycles. The van der Waals surface area contributed by atoms with E-state index < -0.39 is 0 Å². The highest BCUT2D eigenvalue weighted by atomic mass is 35.5. The number of hydrogen-bond donors (Lipinski definition) is 1. The van der Waals surface area contributed by atoms with Gasteiger partial charge in [-0.3, -0.25) is 5.10 Å². The molecular formula is C9H9ClN4S. The normalized spacial score (nSPS) is 16.6. The van der Waals surface area contributed by atoms with Gasteiger partial charge in [0.15, 0.2) is 0 Å². The minimum absolute atomic E-state index is 0.736. The van der Waals surface area contributed by atoms with Gasteiger partial charge in [-0.05, 0) is 11.8 Å². The van der Waals surface area contributed by atoms with Gasteiger partial charge in [0.2, 0.25) is 0 Å². The Morgan fingerprint density at radius 2 is 2.47 bits per heavy atom. The summed E-state index contributed by atoms with van der Waals surface area (Å²) in [6.07, 6.45) is 0.927. The number of nitrogens with one attached hydrogen (secondary N) is 1. The Hall–Kier alpha value is -0.910. The SMILES string of the molecule is ClN1CCc2[nH]nc(-c3cscn3)c2C1. The standard InChI is InChI=1S/C9H9ClN4S/c10-14-2-1-7-6(3-14)9(13-12-7)8-4-15-5-11-8/h4-5H,1-3H2,(H,12,13). The number of H-pyrrole nitrogens is 1. The number of fused-ring (bicyclic) bond motifs is 1. The van der Waals surface area contributed by atoms with Crippen molar-refractivity contribution < 1.29 is 0 Å². The molecule has 0 bridgehead atoms. The fourth-order valence-electron chi connectivity index (χ4n) is 1.80. The molecule has 6 heteroatoms. The van der Waals surface area contributed by atoms with Gasteiger partial charge in [0.1, 0.15) is 11.4 Å². The highest BCUT2D eigenvalue weighted by molar-refractivity contribution is 7.07. The Morgan fingerprint density at radius 3 is 3.27 bits per heavy atom. The van der Waals surface area contributed by atoms with E-state index in [2.05, 4.69) is 15.2 Å². The molecule has 0 aliphatic carbocycles. The van der Waals surface area contributed by atoms with Crippen molar-refractivity contribution in [2.75, 3.05) is 6.54 Å². The highest BCUT2D eigenvalue weighted by Crippen LogP contribution is 2.28. The van der Waals surface area contributed by atoms with Gasteiger partial charge in [-0.15, -0.1) is 11.3 Å². The monoisotopic (exact) mass is 240 g/mol. The van der Waals surface area contributed by atoms with Crippen LogP contribution >= 0.6 is 23.1 Å². The molecule has 0 saturated carbocycles. The summed E-state index contributed by atoms with van der Waals surface area (Å²) >= 11 is 7.59. The summed E-state index contributed by atoms with van der Waals surface area (Å²) in [6.45, 7) is 1.60. The number of nitrogens with zero attached hydrogens (tertiary/aromatic N) is 3. The molecule has 3 heterocycles. The van der Waals surface area contributed by atoms with Crippen molar-refractivity contribution in [3.05, 3.63) is 22.1 Å². The van der Waals surface area contributed by atoms with Crippen LogP contribution in [0.5, 0.6) is 0 Å². The molecule has 0 radical (unpaired) electrons. The van der Waals surface area contributed by atoms with Gasteiger partial charge in [-0.1, -0.05) is 0 Å². The van der Waals surface area contributed by atoms with E-state index in [0.717, 1.165) is 30.9 Å². The van der Waals surface area contributed by atoms with Gasteiger partial charge in [0, 0.05) is 36.1 Å². The molecule has 2 aromatic rings. The summed E-state index contributed by atoms with van der Waals surface area (Å²) in [5.74, 6) is 0. The Kier molecular flexibility index (Phi) is 2.23. The Bertz CT molecular complexity index is 464. The fourth-order valence-corrected chi connectivity index (χ4v) is 2.54. The van der Waals surface area contributed by atoms with Crippen molar-refractivity contribution in [1.82, 2.24) is 19.6 Å². The first-order chi connectivity index (χ1) is 7.34. The van der Waals surface area contributed by atoms with Gasteiger partial charge < -0.3 is 0 Å². The van der Waals surface area contributed by atoms with Crippen molar-refractivity contribution in [2.24, 2.45) is 0 Å². The van der Waals surface area contributed by atoms with Crippen LogP contribution in [0.1, 0.15) is 11.3 Å². The largest absolute Gasteiger partial charge is 0.282 e. The molecule has 3 rings (SSSR count). The topological polar surface area (TPSA) is 44.8 Å². The Balaban J connectivity index is 2.07. The third kappa shape index (κ3) is 1.56. The van der Waals surface area contributed by atoms with Crippen LogP contribution in [-0.2, 0) is 13.0 Å². The number of rotatable bonds is 1. The number of halogens is 1. The maximum Gasteiger partial charge on any atom is 0.116 e. The zero-order valence-electron chi connectivity index (χ0n) is 7.90. The van der Waals surface area contributed by atoms with E-state index in [1.54, 1.807) is 15.8 Å². The summed E-state index contributed by atoms with van der Waals surface area (Å²) < 4.78 is 1.79. The molecule has 4 nitrogen and oxygen atoms in total. The lowest BCUT2D eigenvalue weighted by atomic mass is 10.1. The van der Waals surface area contributed by atoms with E-state index in [0.29, 0.717) is 0 Å². The summed E-state index contributed by atoms with van der Waals surface area (Å²) in [5.41, 5.74) is 6.07. The Labute approximate surface area is 96.0 Å². The van der Waals surface area contributed by atoms with Gasteiger partial charge in [-0.25, -0.2) is 9.40 Å². The predicted molar refractivity (Wildman–Crippen MR) is 59.7 cm³/mol. The Morgan fingerprint density at radius 1 is 1.53 bits per heavy atom. The fraction of sp³-hybridized carbons (Fsp3) is 0.333. The number of aromatic amines is 1. The first kappa shape index (κ1) is 9.33. The highest BCUT2D eigenvalue weighted by Gasteiger charge is 2.22. The van der Waals surface area contributed by atoms with Crippen LogP contribution in [0.4, 0.5) is 0 Å². The smallest absolute Gasteiger partial charge is 0.116 e. The van der Waals surface area contributed by atoms with E-state index in [4.69, 9.17) is 11.8 Å². The molecule has 0 aromatic carbocycles. The van der Waals surface area contributed by atoms with Crippen LogP contribution in [0, 0.1) is 0 Å². The van der Waals surface area contributed by atoms with Crippen molar-refractivity contribution in [3.63, 3.8) is 0 Å². The summed E-state index contributed by atoms with van der Waals surface area (Å²) in [4.78, 5) is 4.27. The van der Waals surface area contributed by atoms with Crippen molar-refractivity contribution in [2.45, 2.75) is 13.0 Å². The lowest BCUT2D eigenvalue weighted by molar-refractivity contribution is 0.427. The predicted octanol–water partition coefficient (Wildman–Crippen LogP) is 2.05. The van der Waals surface area contributed by atoms with Gasteiger partial charge in [0.25, 0.3) is 0 Å². The number of thiazole rings is 1. The van der Waals surface area contributed by atoms with Gasteiger partial charge in [0.05, 0.1) is 5.51 Å². The third-order valence-corrected chi connectivity index (χ3v) is 3.44. The van der Waals surface area contributed by atoms with Gasteiger partial charge >= 0.3 is 0 Å². The van der Waals surface area contributed by atoms with E-state index >= 15 is 0 Å². The maximum absolute atomic E-state index is 6.01. The van der Waals surface area contributed by atoms with E-state index in [1.807, 2.05) is 10.9 Å². The van der Waals surface area contributed by atoms with Crippen LogP contribution in [0.3, 0.4) is 0 Å². The van der Waals surface area contributed by atoms with E-state index in [9.17, 15) is 0 Å². The second-order valence-corrected chi connectivity index (χ2v) is 4.69. The minimum Gasteiger partial charge on any atom is -0.282 e. The molecular weight excluding hydrogens is 232 g/mol. The first-order valence-electron chi connectivity index (χ1n) is 4.70. The summed E-state index contributed by atoms with van der Waals surface area (Å²) in [7, 11) is 0. The molecule has 0 amide bonds. The van der Waals surface area contributed by atoms with Crippen molar-refractivity contribution >= 4 is 23.1 Å². The maximum atomic E-state index is 6.01. The third-order valence-electron chi connectivity index (χ3n) is 2.56. The van der Waals surface area contributed by atoms with Crippen LogP contribution in [0.2, 0.25) is 0 Å². The molecule has 0 fully saturated rings. The molecule has 1 aliphatic rings. The molecule has 0 spiro atoms. The summed E-state index contributed by atoms with van der Waals surface area (Å²) in [6, 6.07) is 0. The molecule has 0 atom stereocenters. The van der Waals surface area contributed by atoms with E-state index in [1.165, 1.54) is 11.3 Å². The lowest BCUT2D eigenvalue weighted by Gasteiger charge is -2.19. The number of aromatic nitrogens is 3. The molecule has 1 N–H and O–H groups in total. The second-order valence-electron chi connectivity index (χ2n) is 3.50. The first-order valence-corrected chi connectivity index (χ1v) is 5.98. The average molecular weight is 241 g/mol.